The summed E-state index contributed by atoms with van der Waals surface area (Å²) < 4.78 is 5.23. The van der Waals surface area contributed by atoms with Gasteiger partial charge in [0.05, 0.1) is 24.9 Å². The lowest BCUT2D eigenvalue weighted by Crippen LogP contribution is -2.50. The molecule has 1 amide bonds. The standard InChI is InChI=1S/C17H24N4O2/c1-14(23-2)16-6-5-15(13-19-16)4-3-7-20-8-10-21(11-9-20)17(22)12-18/h5-6,13-14H,7-12,18H2,1-2H3/t14-/m0/s1. The lowest BCUT2D eigenvalue weighted by atomic mass is 10.2. The van der Waals surface area contributed by atoms with Gasteiger partial charge in [0.2, 0.25) is 5.91 Å². The fourth-order valence-corrected chi connectivity index (χ4v) is 2.38. The molecule has 23 heavy (non-hydrogen) atoms. The highest BCUT2D eigenvalue weighted by atomic mass is 16.5. The van der Waals surface area contributed by atoms with Crippen LogP contribution in [-0.4, -0.2) is 67.1 Å². The molecule has 1 aliphatic heterocycles. The topological polar surface area (TPSA) is 71.7 Å². The van der Waals surface area contributed by atoms with Gasteiger partial charge in [-0.25, -0.2) is 0 Å². The van der Waals surface area contributed by atoms with Crippen LogP contribution in [0.2, 0.25) is 0 Å². The van der Waals surface area contributed by atoms with Crippen LogP contribution in [0.15, 0.2) is 18.3 Å². The molecule has 1 atom stereocenters. The van der Waals surface area contributed by atoms with Crippen LogP contribution in [-0.2, 0) is 9.53 Å². The Morgan fingerprint density at radius 2 is 2.13 bits per heavy atom. The summed E-state index contributed by atoms with van der Waals surface area (Å²) in [6, 6.07) is 3.90. The Morgan fingerprint density at radius 1 is 1.39 bits per heavy atom. The first-order valence-electron chi connectivity index (χ1n) is 7.82. The van der Waals surface area contributed by atoms with Crippen molar-refractivity contribution in [1.29, 1.82) is 0 Å². The number of nitrogens with zero attached hydrogens (tertiary/aromatic N) is 3. The second-order valence-corrected chi connectivity index (χ2v) is 5.51. The number of methoxy groups -OCH3 is 1. The van der Waals surface area contributed by atoms with Crippen LogP contribution < -0.4 is 5.73 Å². The molecule has 2 rings (SSSR count). The molecule has 1 aromatic rings. The number of hydrogen-bond acceptors (Lipinski definition) is 5. The van der Waals surface area contributed by atoms with Gasteiger partial charge in [-0.3, -0.25) is 14.7 Å². The summed E-state index contributed by atoms with van der Waals surface area (Å²) >= 11 is 0. The Morgan fingerprint density at radius 3 is 2.70 bits per heavy atom. The third kappa shape index (κ3) is 5.03. The molecule has 6 nitrogen and oxygen atoms in total. The van der Waals surface area contributed by atoms with Crippen LogP contribution in [0.4, 0.5) is 0 Å². The van der Waals surface area contributed by atoms with E-state index in [0.29, 0.717) is 6.54 Å². The molecule has 0 bridgehead atoms. The van der Waals surface area contributed by atoms with E-state index in [0.717, 1.165) is 37.4 Å². The number of carbonyl (C=O) groups excluding carboxylic acids is 1. The van der Waals surface area contributed by atoms with Crippen LogP contribution in [0.25, 0.3) is 0 Å². The van der Waals surface area contributed by atoms with Crippen molar-refractivity contribution in [2.45, 2.75) is 13.0 Å². The molecular weight excluding hydrogens is 292 g/mol. The average molecular weight is 316 g/mol. The molecule has 2 N–H and O–H groups in total. The quantitative estimate of drug-likeness (QED) is 0.806. The summed E-state index contributed by atoms with van der Waals surface area (Å²) in [5, 5.41) is 0. The van der Waals surface area contributed by atoms with E-state index in [-0.39, 0.29) is 18.6 Å². The third-order valence-corrected chi connectivity index (χ3v) is 3.99. The smallest absolute Gasteiger partial charge is 0.236 e. The number of piperazine rings is 1. The average Bonchev–Trinajstić information content (AvgIpc) is 2.61. The van der Waals surface area contributed by atoms with Crippen LogP contribution >= 0.6 is 0 Å². The summed E-state index contributed by atoms with van der Waals surface area (Å²) in [5.41, 5.74) is 7.18. The molecule has 1 aliphatic rings. The highest BCUT2D eigenvalue weighted by molar-refractivity contribution is 5.78. The van der Waals surface area contributed by atoms with E-state index < -0.39 is 0 Å². The van der Waals surface area contributed by atoms with Crippen LogP contribution in [0.1, 0.15) is 24.3 Å². The van der Waals surface area contributed by atoms with Gasteiger partial charge in [0.15, 0.2) is 0 Å². The van der Waals surface area contributed by atoms with Crippen molar-refractivity contribution in [2.24, 2.45) is 5.73 Å². The number of pyridine rings is 1. The molecule has 1 fully saturated rings. The van der Waals surface area contributed by atoms with Crippen molar-refractivity contribution in [3.05, 3.63) is 29.6 Å². The monoisotopic (exact) mass is 316 g/mol. The van der Waals surface area contributed by atoms with Gasteiger partial charge in [-0.1, -0.05) is 11.8 Å². The lowest BCUT2D eigenvalue weighted by Gasteiger charge is -2.33. The number of aromatic nitrogens is 1. The minimum absolute atomic E-state index is 0.00969. The van der Waals surface area contributed by atoms with Gasteiger partial charge >= 0.3 is 0 Å². The SMILES string of the molecule is CO[C@@H](C)c1ccc(C#CCN2CCN(C(=O)CN)CC2)cn1. The van der Waals surface area contributed by atoms with Crippen molar-refractivity contribution in [3.63, 3.8) is 0 Å². The molecule has 1 aromatic heterocycles. The molecule has 6 heteroatoms. The van der Waals surface area contributed by atoms with Crippen molar-refractivity contribution in [1.82, 2.24) is 14.8 Å². The number of carbonyl (C=O) groups is 1. The summed E-state index contributed by atoms with van der Waals surface area (Å²) in [6.07, 6.45) is 1.76. The fourth-order valence-electron chi connectivity index (χ4n) is 2.38. The molecule has 0 unspecified atom stereocenters. The first kappa shape index (κ1) is 17.4. The molecule has 0 saturated carbocycles. The summed E-state index contributed by atoms with van der Waals surface area (Å²) in [7, 11) is 1.67. The van der Waals surface area contributed by atoms with Gasteiger partial charge in [-0.15, -0.1) is 0 Å². The summed E-state index contributed by atoms with van der Waals surface area (Å²) in [4.78, 5) is 19.9. The van der Waals surface area contributed by atoms with E-state index in [4.69, 9.17) is 10.5 Å². The minimum Gasteiger partial charge on any atom is -0.375 e. The van der Waals surface area contributed by atoms with Crippen LogP contribution in [0.3, 0.4) is 0 Å². The van der Waals surface area contributed by atoms with Gasteiger partial charge < -0.3 is 15.4 Å². The Labute approximate surface area is 137 Å². The zero-order valence-electron chi connectivity index (χ0n) is 13.8. The summed E-state index contributed by atoms with van der Waals surface area (Å²) in [5.74, 6) is 6.31. The van der Waals surface area contributed by atoms with E-state index >= 15 is 0 Å². The van der Waals surface area contributed by atoms with Gasteiger partial charge in [0, 0.05) is 45.0 Å². The van der Waals surface area contributed by atoms with Crippen molar-refractivity contribution >= 4 is 5.91 Å². The lowest BCUT2D eigenvalue weighted by molar-refractivity contribution is -0.131. The Kier molecular flexibility index (Phi) is 6.53. The first-order chi connectivity index (χ1) is 11.1. The van der Waals surface area contributed by atoms with Crippen molar-refractivity contribution in [3.8, 4) is 11.8 Å². The summed E-state index contributed by atoms with van der Waals surface area (Å²) in [6.45, 7) is 5.87. The molecule has 0 spiro atoms. The zero-order chi connectivity index (χ0) is 16.7. The predicted molar refractivity (Wildman–Crippen MR) is 88.6 cm³/mol. The number of ether oxygens (including phenoxy) is 1. The Bertz CT molecular complexity index is 568. The van der Waals surface area contributed by atoms with Crippen LogP contribution in [0.5, 0.6) is 0 Å². The number of hydrogen-bond donors (Lipinski definition) is 1. The number of nitrogens with two attached hydrogens (primary N) is 1. The van der Waals surface area contributed by atoms with E-state index in [1.807, 2.05) is 24.0 Å². The maximum atomic E-state index is 11.5. The second-order valence-electron chi connectivity index (χ2n) is 5.51. The van der Waals surface area contributed by atoms with Crippen molar-refractivity contribution < 1.29 is 9.53 Å². The highest BCUT2D eigenvalue weighted by Crippen LogP contribution is 2.12. The van der Waals surface area contributed by atoms with Gasteiger partial charge in [0.1, 0.15) is 0 Å². The fraction of sp³-hybridized carbons (Fsp3) is 0.529. The molecule has 1 saturated heterocycles. The largest absolute Gasteiger partial charge is 0.375 e. The van der Waals surface area contributed by atoms with E-state index in [2.05, 4.69) is 21.7 Å². The molecule has 2 heterocycles. The van der Waals surface area contributed by atoms with E-state index in [1.165, 1.54) is 0 Å². The van der Waals surface area contributed by atoms with Crippen LogP contribution in [0, 0.1) is 11.8 Å². The number of rotatable bonds is 4. The third-order valence-electron chi connectivity index (χ3n) is 3.99. The van der Waals surface area contributed by atoms with Crippen molar-refractivity contribution in [2.75, 3.05) is 46.4 Å². The minimum atomic E-state index is -0.00969. The zero-order valence-corrected chi connectivity index (χ0v) is 13.8. The Balaban J connectivity index is 1.81. The van der Waals surface area contributed by atoms with Gasteiger partial charge in [-0.2, -0.15) is 0 Å². The maximum absolute atomic E-state index is 11.5. The number of amides is 1. The van der Waals surface area contributed by atoms with E-state index in [1.54, 1.807) is 13.3 Å². The first-order valence-corrected chi connectivity index (χ1v) is 7.82. The predicted octanol–water partition coefficient (Wildman–Crippen LogP) is 0.243. The molecule has 0 aliphatic carbocycles. The maximum Gasteiger partial charge on any atom is 0.236 e. The van der Waals surface area contributed by atoms with E-state index in [9.17, 15) is 4.79 Å². The molecule has 0 radical (unpaired) electrons. The molecule has 124 valence electrons. The molecule has 0 aromatic carbocycles. The normalized spacial score (nSPS) is 16.6. The molecular formula is C17H24N4O2. The van der Waals surface area contributed by atoms with Gasteiger partial charge in [0.25, 0.3) is 0 Å². The Hall–Kier alpha value is -1.94. The second kappa shape index (κ2) is 8.63. The van der Waals surface area contributed by atoms with Gasteiger partial charge in [-0.05, 0) is 19.1 Å². The highest BCUT2D eigenvalue weighted by Gasteiger charge is 2.19.